The van der Waals surface area contributed by atoms with Crippen LogP contribution in [0.3, 0.4) is 0 Å². The fraction of sp³-hybridized carbons (Fsp3) is 1.00. The Morgan fingerprint density at radius 2 is 1.95 bits per heavy atom. The summed E-state index contributed by atoms with van der Waals surface area (Å²) in [4.78, 5) is 5.53. The summed E-state index contributed by atoms with van der Waals surface area (Å²) in [6.07, 6.45) is 11.1. The van der Waals surface area contributed by atoms with Crippen LogP contribution in [0.1, 0.15) is 58.3 Å². The van der Waals surface area contributed by atoms with Crippen molar-refractivity contribution in [3.8, 4) is 0 Å². The molecule has 0 aromatic heterocycles. The third kappa shape index (κ3) is 2.45. The number of likely N-dealkylation sites (N-methyl/N-ethyl adjacent to an activating group) is 1. The maximum atomic E-state index is 6.30. The van der Waals surface area contributed by atoms with Crippen molar-refractivity contribution >= 4 is 0 Å². The van der Waals surface area contributed by atoms with Gasteiger partial charge in [0.1, 0.15) is 0 Å². The van der Waals surface area contributed by atoms with Gasteiger partial charge in [-0.3, -0.25) is 4.90 Å². The van der Waals surface area contributed by atoms with Crippen molar-refractivity contribution < 1.29 is 0 Å². The molecular weight excluding hydrogens is 234 g/mol. The van der Waals surface area contributed by atoms with Gasteiger partial charge in [0.2, 0.25) is 0 Å². The van der Waals surface area contributed by atoms with Gasteiger partial charge in [-0.25, -0.2) is 0 Å². The normalized spacial score (nSPS) is 37.1. The van der Waals surface area contributed by atoms with E-state index in [1.54, 1.807) is 0 Å². The molecule has 0 amide bonds. The van der Waals surface area contributed by atoms with Crippen LogP contribution in [0.5, 0.6) is 0 Å². The highest BCUT2D eigenvalue weighted by Gasteiger charge is 2.45. The van der Waals surface area contributed by atoms with E-state index in [2.05, 4.69) is 16.7 Å². The van der Waals surface area contributed by atoms with E-state index in [1.807, 2.05) is 0 Å². The number of hydrogen-bond acceptors (Lipinski definition) is 3. The summed E-state index contributed by atoms with van der Waals surface area (Å²) in [6.45, 7) is 7.01. The third-order valence-corrected chi connectivity index (χ3v) is 6.07. The van der Waals surface area contributed by atoms with Crippen LogP contribution in [0, 0.1) is 0 Å². The summed E-state index contributed by atoms with van der Waals surface area (Å²) >= 11 is 0. The van der Waals surface area contributed by atoms with Crippen LogP contribution in [0.15, 0.2) is 0 Å². The summed E-state index contributed by atoms with van der Waals surface area (Å²) in [5, 5.41) is 0. The minimum Gasteiger partial charge on any atom is -0.329 e. The van der Waals surface area contributed by atoms with Crippen LogP contribution in [-0.2, 0) is 0 Å². The minimum absolute atomic E-state index is 0.315. The maximum Gasteiger partial charge on any atom is 0.0361 e. The first-order valence-corrected chi connectivity index (χ1v) is 8.50. The summed E-state index contributed by atoms with van der Waals surface area (Å²) in [5.74, 6) is 0. The molecule has 3 rings (SSSR count). The van der Waals surface area contributed by atoms with Gasteiger partial charge < -0.3 is 10.6 Å². The van der Waals surface area contributed by atoms with Crippen LogP contribution in [0.2, 0.25) is 0 Å². The molecular formula is C16H31N3. The van der Waals surface area contributed by atoms with Gasteiger partial charge >= 0.3 is 0 Å². The number of rotatable bonds is 4. The van der Waals surface area contributed by atoms with Crippen LogP contribution in [0.25, 0.3) is 0 Å². The Kier molecular flexibility index (Phi) is 4.16. The van der Waals surface area contributed by atoms with Crippen molar-refractivity contribution in [1.29, 1.82) is 0 Å². The molecule has 19 heavy (non-hydrogen) atoms. The fourth-order valence-corrected chi connectivity index (χ4v) is 5.07. The Labute approximate surface area is 118 Å². The van der Waals surface area contributed by atoms with E-state index >= 15 is 0 Å². The van der Waals surface area contributed by atoms with E-state index in [4.69, 9.17) is 5.73 Å². The first kappa shape index (κ1) is 13.8. The number of hydrogen-bond donors (Lipinski definition) is 1. The second-order valence-electron chi connectivity index (χ2n) is 6.94. The van der Waals surface area contributed by atoms with Crippen molar-refractivity contribution in [2.75, 3.05) is 26.2 Å². The molecule has 3 fully saturated rings. The number of nitrogens with zero attached hydrogens (tertiary/aromatic N) is 2. The van der Waals surface area contributed by atoms with Gasteiger partial charge in [0, 0.05) is 30.7 Å². The minimum atomic E-state index is 0.315. The first-order valence-electron chi connectivity index (χ1n) is 8.50. The molecule has 2 aliphatic heterocycles. The van der Waals surface area contributed by atoms with E-state index in [9.17, 15) is 0 Å². The molecule has 0 bridgehead atoms. The van der Waals surface area contributed by atoms with E-state index in [0.717, 1.165) is 18.6 Å². The zero-order chi connectivity index (χ0) is 13.3. The van der Waals surface area contributed by atoms with Crippen LogP contribution >= 0.6 is 0 Å². The van der Waals surface area contributed by atoms with Gasteiger partial charge in [-0.2, -0.15) is 0 Å². The smallest absolute Gasteiger partial charge is 0.0361 e. The van der Waals surface area contributed by atoms with Crippen molar-refractivity contribution in [2.45, 2.75) is 75.9 Å². The molecule has 0 radical (unpaired) electrons. The lowest BCUT2D eigenvalue weighted by Crippen LogP contribution is -2.63. The third-order valence-electron chi connectivity index (χ3n) is 6.07. The zero-order valence-corrected chi connectivity index (χ0v) is 12.6. The molecule has 3 aliphatic rings. The van der Waals surface area contributed by atoms with Gasteiger partial charge in [0.15, 0.2) is 0 Å². The van der Waals surface area contributed by atoms with Gasteiger partial charge in [-0.05, 0) is 51.6 Å². The Morgan fingerprint density at radius 1 is 1.16 bits per heavy atom. The van der Waals surface area contributed by atoms with E-state index in [0.29, 0.717) is 5.54 Å². The maximum absolute atomic E-state index is 6.30. The van der Waals surface area contributed by atoms with Gasteiger partial charge in [-0.1, -0.05) is 19.8 Å². The van der Waals surface area contributed by atoms with Gasteiger partial charge in [-0.15, -0.1) is 0 Å². The molecule has 1 aliphatic carbocycles. The lowest BCUT2D eigenvalue weighted by molar-refractivity contribution is -0.0121. The lowest BCUT2D eigenvalue weighted by Gasteiger charge is -2.52. The van der Waals surface area contributed by atoms with E-state index in [-0.39, 0.29) is 0 Å². The first-order chi connectivity index (χ1) is 9.29. The van der Waals surface area contributed by atoms with Crippen molar-refractivity contribution in [1.82, 2.24) is 9.80 Å². The Hall–Kier alpha value is -0.120. The lowest BCUT2D eigenvalue weighted by atomic mass is 9.80. The quantitative estimate of drug-likeness (QED) is 0.846. The summed E-state index contributed by atoms with van der Waals surface area (Å²) in [7, 11) is 0. The molecule has 2 N–H and O–H groups in total. The predicted molar refractivity (Wildman–Crippen MR) is 80.3 cm³/mol. The second kappa shape index (κ2) is 5.71. The van der Waals surface area contributed by atoms with Gasteiger partial charge in [0.05, 0.1) is 0 Å². The second-order valence-corrected chi connectivity index (χ2v) is 6.94. The SMILES string of the molecule is CCN(C1CCCC1)C1(CN)CCN2CCCC2C1. The molecule has 1 saturated carbocycles. The molecule has 110 valence electrons. The standard InChI is InChI=1S/C16H31N3/c1-2-19(14-6-3-4-7-14)16(13-17)9-11-18-10-5-8-15(18)12-16/h14-15H,2-13,17H2,1H3. The highest BCUT2D eigenvalue weighted by molar-refractivity contribution is 5.03. The monoisotopic (exact) mass is 265 g/mol. The van der Waals surface area contributed by atoms with E-state index in [1.165, 1.54) is 71.0 Å². The van der Waals surface area contributed by atoms with Crippen LogP contribution < -0.4 is 5.73 Å². The molecule has 2 heterocycles. The van der Waals surface area contributed by atoms with Crippen LogP contribution in [0.4, 0.5) is 0 Å². The molecule has 3 nitrogen and oxygen atoms in total. The van der Waals surface area contributed by atoms with Crippen molar-refractivity contribution in [2.24, 2.45) is 5.73 Å². The molecule has 3 heteroatoms. The molecule has 0 spiro atoms. The number of nitrogens with two attached hydrogens (primary N) is 1. The fourth-order valence-electron chi connectivity index (χ4n) is 5.07. The Balaban J connectivity index is 1.76. The molecule has 2 atom stereocenters. The number of fused-ring (bicyclic) bond motifs is 1. The molecule has 0 aromatic carbocycles. The summed E-state index contributed by atoms with van der Waals surface area (Å²) in [5.41, 5.74) is 6.62. The van der Waals surface area contributed by atoms with Crippen molar-refractivity contribution in [3.63, 3.8) is 0 Å². The average Bonchev–Trinajstić information content (AvgIpc) is 3.09. The summed E-state index contributed by atoms with van der Waals surface area (Å²) < 4.78 is 0. The largest absolute Gasteiger partial charge is 0.329 e. The number of piperidine rings is 1. The highest BCUT2D eigenvalue weighted by Crippen LogP contribution is 2.39. The Bertz CT molecular complexity index is 300. The molecule has 0 aromatic rings. The predicted octanol–water partition coefficient (Wildman–Crippen LogP) is 2.21. The Morgan fingerprint density at radius 3 is 2.63 bits per heavy atom. The van der Waals surface area contributed by atoms with E-state index < -0.39 is 0 Å². The average molecular weight is 265 g/mol. The van der Waals surface area contributed by atoms with Crippen molar-refractivity contribution in [3.05, 3.63) is 0 Å². The van der Waals surface area contributed by atoms with Gasteiger partial charge in [0.25, 0.3) is 0 Å². The zero-order valence-electron chi connectivity index (χ0n) is 12.6. The topological polar surface area (TPSA) is 32.5 Å². The summed E-state index contributed by atoms with van der Waals surface area (Å²) in [6, 6.07) is 1.65. The molecule has 2 unspecified atom stereocenters. The highest BCUT2D eigenvalue weighted by atomic mass is 15.3. The van der Waals surface area contributed by atoms with Crippen LogP contribution in [-0.4, -0.2) is 53.6 Å². The molecule has 2 saturated heterocycles.